The molecule has 2 N–H and O–H groups in total. The number of nitrogens with zero attached hydrogens (tertiary/aromatic N) is 1. The van der Waals surface area contributed by atoms with Gasteiger partial charge in [0.15, 0.2) is 0 Å². The fourth-order valence-electron chi connectivity index (χ4n) is 0.102. The van der Waals surface area contributed by atoms with Crippen molar-refractivity contribution in [1.82, 2.24) is 0 Å². The van der Waals surface area contributed by atoms with E-state index in [9.17, 15) is 0 Å². The van der Waals surface area contributed by atoms with E-state index in [0.717, 1.165) is 0 Å². The Labute approximate surface area is 37.1 Å². The molecule has 0 atom stereocenters. The van der Waals surface area contributed by atoms with Gasteiger partial charge in [-0.25, -0.2) is 0 Å². The first-order valence-electron chi connectivity index (χ1n) is 1.52. The van der Waals surface area contributed by atoms with Gasteiger partial charge < -0.3 is 5.73 Å². The number of aliphatic imine (C=N–C) groups is 1. The highest BCUT2D eigenvalue weighted by Crippen LogP contribution is 1.58. The van der Waals surface area contributed by atoms with Crippen LogP contribution >= 0.6 is 0 Å². The van der Waals surface area contributed by atoms with Crippen LogP contribution in [0.2, 0.25) is 0 Å². The second-order valence-electron chi connectivity index (χ2n) is 0.882. The molecule has 0 aromatic heterocycles. The van der Waals surface area contributed by atoms with Crippen molar-refractivity contribution >= 4 is 5.84 Å². The van der Waals surface area contributed by atoms with Crippen LogP contribution in [-0.4, -0.2) is 5.84 Å². The molecule has 32 valence electrons. The van der Waals surface area contributed by atoms with E-state index >= 15 is 0 Å². The monoisotopic (exact) mass is 82.1 g/mol. The first-order chi connectivity index (χ1) is 2.77. The minimum Gasteiger partial charge on any atom is -0.387 e. The molecule has 0 amide bonds. The molecule has 0 saturated heterocycles. The maximum absolute atomic E-state index is 5.01. The van der Waals surface area contributed by atoms with E-state index in [1.54, 1.807) is 6.92 Å². The van der Waals surface area contributed by atoms with Crippen molar-refractivity contribution in [1.29, 1.82) is 0 Å². The average molecular weight is 82.1 g/mol. The molecule has 0 bridgehead atoms. The Bertz CT molecular complexity index is 92.6. The van der Waals surface area contributed by atoms with Crippen LogP contribution in [0, 0.1) is 12.5 Å². The Hall–Kier alpha value is -0.970. The lowest BCUT2D eigenvalue weighted by Gasteiger charge is -1.74. The molecule has 0 saturated carbocycles. The second-order valence-corrected chi connectivity index (χ2v) is 0.882. The van der Waals surface area contributed by atoms with Crippen LogP contribution in [0.3, 0.4) is 0 Å². The van der Waals surface area contributed by atoms with Crippen LogP contribution in [0.25, 0.3) is 0 Å². The molecule has 0 fully saturated rings. The van der Waals surface area contributed by atoms with Gasteiger partial charge in [0.05, 0.1) is 0 Å². The predicted molar refractivity (Wildman–Crippen MR) is 26.1 cm³/mol. The van der Waals surface area contributed by atoms with E-state index in [4.69, 9.17) is 12.2 Å². The molecule has 0 aliphatic rings. The molecular weight excluding hydrogens is 76.1 g/mol. The van der Waals surface area contributed by atoms with Gasteiger partial charge in [0.1, 0.15) is 5.84 Å². The normalized spacial score (nSPS) is 10.3. The number of hydrogen-bond donors (Lipinski definition) is 1. The van der Waals surface area contributed by atoms with Crippen molar-refractivity contribution < 1.29 is 0 Å². The molecule has 0 aromatic carbocycles. The molecule has 2 nitrogen and oxygen atoms in total. The standard InChI is InChI=1S/C4H6N2/c1-3-6-4(2)5/h1H,2H3,(H2,5,6). The fraction of sp³-hybridized carbons (Fsp3) is 0.250. The van der Waals surface area contributed by atoms with Crippen molar-refractivity contribution in [2.45, 2.75) is 6.92 Å². The Kier molecular flexibility index (Phi) is 1.91. The summed E-state index contributed by atoms with van der Waals surface area (Å²) in [4.78, 5) is 3.35. The van der Waals surface area contributed by atoms with Crippen LogP contribution in [0.1, 0.15) is 6.92 Å². The third kappa shape index (κ3) is 3.03. The molecule has 0 rings (SSSR count). The quantitative estimate of drug-likeness (QED) is 0.248. The summed E-state index contributed by atoms with van der Waals surface area (Å²) in [5.74, 6) is 0.428. The van der Waals surface area contributed by atoms with Crippen LogP contribution in [0.15, 0.2) is 4.99 Å². The number of amidine groups is 1. The van der Waals surface area contributed by atoms with Crippen molar-refractivity contribution in [3.05, 3.63) is 0 Å². The minimum atomic E-state index is 0.428. The van der Waals surface area contributed by atoms with Gasteiger partial charge in [0.25, 0.3) is 0 Å². The van der Waals surface area contributed by atoms with Crippen molar-refractivity contribution in [2.24, 2.45) is 10.7 Å². The van der Waals surface area contributed by atoms with E-state index in [-0.39, 0.29) is 0 Å². The van der Waals surface area contributed by atoms with E-state index in [0.29, 0.717) is 5.84 Å². The number of nitrogens with two attached hydrogens (primary N) is 1. The first-order valence-corrected chi connectivity index (χ1v) is 1.52. The largest absolute Gasteiger partial charge is 0.387 e. The lowest BCUT2D eigenvalue weighted by Crippen LogP contribution is -2.03. The summed E-state index contributed by atoms with van der Waals surface area (Å²) in [5.41, 5.74) is 5.01. The number of rotatable bonds is 0. The topological polar surface area (TPSA) is 38.4 Å². The molecule has 0 unspecified atom stereocenters. The molecular formula is C4H6N2. The summed E-state index contributed by atoms with van der Waals surface area (Å²) in [7, 11) is 0. The van der Waals surface area contributed by atoms with Gasteiger partial charge in [0.2, 0.25) is 0 Å². The summed E-state index contributed by atoms with van der Waals surface area (Å²) in [6.07, 6.45) is 4.71. The molecule has 6 heavy (non-hydrogen) atoms. The third-order valence-corrected chi connectivity index (χ3v) is 0.241. The smallest absolute Gasteiger partial charge is 0.107 e. The van der Waals surface area contributed by atoms with E-state index in [1.807, 2.05) is 6.04 Å². The van der Waals surface area contributed by atoms with Crippen LogP contribution in [0.4, 0.5) is 0 Å². The first kappa shape index (κ1) is 5.03. The zero-order valence-corrected chi connectivity index (χ0v) is 3.60. The lowest BCUT2D eigenvalue weighted by atomic mass is 10.7. The van der Waals surface area contributed by atoms with Crippen molar-refractivity contribution in [3.63, 3.8) is 0 Å². The summed E-state index contributed by atoms with van der Waals surface area (Å²) in [5, 5.41) is 0. The van der Waals surface area contributed by atoms with Gasteiger partial charge in [-0.05, 0) is 6.92 Å². The van der Waals surface area contributed by atoms with Crippen molar-refractivity contribution in [2.75, 3.05) is 0 Å². The van der Waals surface area contributed by atoms with Gasteiger partial charge in [-0.15, -0.1) is 0 Å². The highest BCUT2D eigenvalue weighted by Gasteiger charge is 1.65. The lowest BCUT2D eigenvalue weighted by molar-refractivity contribution is 1.53. The molecule has 0 aliphatic heterocycles. The van der Waals surface area contributed by atoms with Gasteiger partial charge in [-0.1, -0.05) is 6.42 Å². The van der Waals surface area contributed by atoms with Crippen LogP contribution < -0.4 is 5.73 Å². The van der Waals surface area contributed by atoms with Crippen LogP contribution in [0.5, 0.6) is 0 Å². The molecule has 0 aromatic rings. The van der Waals surface area contributed by atoms with E-state index in [2.05, 4.69) is 4.99 Å². The van der Waals surface area contributed by atoms with Gasteiger partial charge in [-0.3, -0.25) is 0 Å². The Morgan fingerprint density at radius 2 is 2.50 bits per heavy atom. The SMILES string of the molecule is C#C/N=C(\C)N. The predicted octanol–water partition coefficient (Wildman–Crippen LogP) is -0.0458. The number of terminal acetylenes is 1. The Balaban J connectivity index is 3.51. The summed E-state index contributed by atoms with van der Waals surface area (Å²) >= 11 is 0. The Morgan fingerprint density at radius 3 is 2.50 bits per heavy atom. The highest BCUT2D eigenvalue weighted by molar-refractivity contribution is 5.78. The van der Waals surface area contributed by atoms with Gasteiger partial charge in [0, 0.05) is 6.04 Å². The third-order valence-electron chi connectivity index (χ3n) is 0.241. The fourth-order valence-corrected chi connectivity index (χ4v) is 0.102. The van der Waals surface area contributed by atoms with E-state index in [1.165, 1.54) is 0 Å². The van der Waals surface area contributed by atoms with Crippen LogP contribution in [-0.2, 0) is 0 Å². The molecule has 2 heteroatoms. The summed E-state index contributed by atoms with van der Waals surface area (Å²) < 4.78 is 0. The van der Waals surface area contributed by atoms with Crippen molar-refractivity contribution in [3.8, 4) is 12.5 Å². The summed E-state index contributed by atoms with van der Waals surface area (Å²) in [6.45, 7) is 1.64. The number of hydrogen-bond acceptors (Lipinski definition) is 1. The Morgan fingerprint density at radius 1 is 2.00 bits per heavy atom. The molecule has 0 heterocycles. The zero-order chi connectivity index (χ0) is 4.99. The highest BCUT2D eigenvalue weighted by atomic mass is 14.8. The molecule has 0 spiro atoms. The van der Waals surface area contributed by atoms with E-state index < -0.39 is 0 Å². The molecule has 0 radical (unpaired) electrons. The second kappa shape index (κ2) is 2.28. The average Bonchev–Trinajstić information content (AvgIpc) is 1.35. The minimum absolute atomic E-state index is 0.428. The summed E-state index contributed by atoms with van der Waals surface area (Å²) in [6, 6.07) is 2.03. The maximum Gasteiger partial charge on any atom is 0.107 e. The van der Waals surface area contributed by atoms with Gasteiger partial charge in [-0.2, -0.15) is 4.99 Å². The van der Waals surface area contributed by atoms with Gasteiger partial charge >= 0.3 is 0 Å². The zero-order valence-electron chi connectivity index (χ0n) is 3.60. The molecule has 0 aliphatic carbocycles. The maximum atomic E-state index is 5.01.